The predicted octanol–water partition coefficient (Wildman–Crippen LogP) is 2.68. The first-order valence-corrected chi connectivity index (χ1v) is 10.1. The zero-order valence-electron chi connectivity index (χ0n) is 16.8. The van der Waals surface area contributed by atoms with Gasteiger partial charge in [0.15, 0.2) is 0 Å². The molecule has 8 heteroatoms. The second kappa shape index (κ2) is 8.52. The fourth-order valence-corrected chi connectivity index (χ4v) is 3.66. The van der Waals surface area contributed by atoms with Gasteiger partial charge >= 0.3 is 0 Å². The van der Waals surface area contributed by atoms with E-state index in [9.17, 15) is 14.4 Å². The minimum absolute atomic E-state index is 0.0960. The molecule has 2 heterocycles. The zero-order chi connectivity index (χ0) is 21.1. The van der Waals surface area contributed by atoms with Gasteiger partial charge in [0.1, 0.15) is 11.8 Å². The van der Waals surface area contributed by atoms with Crippen molar-refractivity contribution in [1.29, 1.82) is 0 Å². The summed E-state index contributed by atoms with van der Waals surface area (Å²) in [5.74, 6) is 0.108. The van der Waals surface area contributed by atoms with E-state index >= 15 is 0 Å². The van der Waals surface area contributed by atoms with Crippen molar-refractivity contribution in [2.75, 3.05) is 24.3 Å². The standard InChI is InChI=1S/C22H24N4O4/c1-30-19-12-16(8-9-17(19)25-20(27)15-4-2-10-23-13-15)24-21(28)18-5-3-11-26(18)22(29)14-6-7-14/h2,4,8-10,12-14,18H,3,5-7,11H2,1H3,(H,24,28)(H,25,27). The third-order valence-electron chi connectivity index (χ3n) is 5.41. The van der Waals surface area contributed by atoms with Crippen LogP contribution in [0.3, 0.4) is 0 Å². The van der Waals surface area contributed by atoms with Gasteiger partial charge in [-0.05, 0) is 49.9 Å². The maximum Gasteiger partial charge on any atom is 0.257 e. The van der Waals surface area contributed by atoms with E-state index in [2.05, 4.69) is 15.6 Å². The van der Waals surface area contributed by atoms with Crippen molar-refractivity contribution in [3.63, 3.8) is 0 Å². The van der Waals surface area contributed by atoms with Crippen LogP contribution in [0.25, 0.3) is 0 Å². The van der Waals surface area contributed by atoms with E-state index in [0.29, 0.717) is 35.7 Å². The van der Waals surface area contributed by atoms with Crippen molar-refractivity contribution < 1.29 is 19.1 Å². The van der Waals surface area contributed by atoms with Crippen LogP contribution < -0.4 is 15.4 Å². The minimum Gasteiger partial charge on any atom is -0.494 e. The number of carbonyl (C=O) groups excluding carboxylic acids is 3. The van der Waals surface area contributed by atoms with Crippen LogP contribution in [0.15, 0.2) is 42.7 Å². The fourth-order valence-electron chi connectivity index (χ4n) is 3.66. The molecule has 4 rings (SSSR count). The molecular weight excluding hydrogens is 384 g/mol. The van der Waals surface area contributed by atoms with Crippen LogP contribution in [0, 0.1) is 5.92 Å². The van der Waals surface area contributed by atoms with Gasteiger partial charge in [-0.15, -0.1) is 0 Å². The molecule has 1 unspecified atom stereocenters. The molecule has 0 spiro atoms. The highest BCUT2D eigenvalue weighted by Gasteiger charge is 2.40. The molecule has 1 aromatic heterocycles. The van der Waals surface area contributed by atoms with Gasteiger partial charge in [-0.3, -0.25) is 19.4 Å². The van der Waals surface area contributed by atoms with Crippen LogP contribution >= 0.6 is 0 Å². The monoisotopic (exact) mass is 408 g/mol. The summed E-state index contributed by atoms with van der Waals surface area (Å²) in [7, 11) is 1.49. The summed E-state index contributed by atoms with van der Waals surface area (Å²) in [6.45, 7) is 0.635. The smallest absolute Gasteiger partial charge is 0.257 e. The predicted molar refractivity (Wildman–Crippen MR) is 111 cm³/mol. The van der Waals surface area contributed by atoms with E-state index in [1.165, 1.54) is 13.3 Å². The normalized spacial score (nSPS) is 18.0. The molecule has 8 nitrogen and oxygen atoms in total. The molecule has 1 saturated heterocycles. The fraction of sp³-hybridized carbons (Fsp3) is 0.364. The number of anilines is 2. The number of rotatable bonds is 6. The summed E-state index contributed by atoms with van der Waals surface area (Å²) in [4.78, 5) is 43.2. The zero-order valence-corrected chi connectivity index (χ0v) is 16.8. The van der Waals surface area contributed by atoms with E-state index < -0.39 is 6.04 Å². The molecule has 1 aliphatic carbocycles. The molecule has 0 bridgehead atoms. The Morgan fingerprint density at radius 2 is 1.97 bits per heavy atom. The number of pyridine rings is 1. The Morgan fingerprint density at radius 1 is 1.13 bits per heavy atom. The molecule has 2 aromatic rings. The third kappa shape index (κ3) is 4.27. The van der Waals surface area contributed by atoms with E-state index in [4.69, 9.17) is 4.74 Å². The van der Waals surface area contributed by atoms with Crippen LogP contribution in [0.4, 0.5) is 11.4 Å². The first-order chi connectivity index (χ1) is 14.6. The average molecular weight is 408 g/mol. The third-order valence-corrected chi connectivity index (χ3v) is 5.41. The molecular formula is C22H24N4O4. The van der Waals surface area contributed by atoms with E-state index in [-0.39, 0.29) is 23.6 Å². The van der Waals surface area contributed by atoms with Crippen molar-refractivity contribution in [3.8, 4) is 5.75 Å². The van der Waals surface area contributed by atoms with Crippen LogP contribution in [0.2, 0.25) is 0 Å². The van der Waals surface area contributed by atoms with Crippen LogP contribution in [0.1, 0.15) is 36.0 Å². The van der Waals surface area contributed by atoms with Gasteiger partial charge in [-0.1, -0.05) is 0 Å². The van der Waals surface area contributed by atoms with Crippen molar-refractivity contribution in [3.05, 3.63) is 48.3 Å². The Bertz CT molecular complexity index is 959. The second-order valence-electron chi connectivity index (χ2n) is 7.56. The Kier molecular flexibility index (Phi) is 5.65. The molecule has 2 fully saturated rings. The molecule has 1 saturated carbocycles. The number of hydrogen-bond donors (Lipinski definition) is 2. The number of ether oxygens (including phenoxy) is 1. The largest absolute Gasteiger partial charge is 0.494 e. The number of hydrogen-bond acceptors (Lipinski definition) is 5. The highest BCUT2D eigenvalue weighted by atomic mass is 16.5. The lowest BCUT2D eigenvalue weighted by atomic mass is 10.1. The molecule has 2 aliphatic rings. The van der Waals surface area contributed by atoms with Crippen molar-refractivity contribution >= 4 is 29.1 Å². The van der Waals surface area contributed by atoms with Crippen LogP contribution in [-0.2, 0) is 9.59 Å². The molecule has 0 radical (unpaired) electrons. The van der Waals surface area contributed by atoms with E-state index in [1.54, 1.807) is 41.4 Å². The summed E-state index contributed by atoms with van der Waals surface area (Å²) in [6, 6.07) is 7.93. The van der Waals surface area contributed by atoms with Crippen molar-refractivity contribution in [1.82, 2.24) is 9.88 Å². The number of methoxy groups -OCH3 is 1. The van der Waals surface area contributed by atoms with Gasteiger partial charge in [0.2, 0.25) is 11.8 Å². The number of nitrogens with one attached hydrogen (secondary N) is 2. The maximum absolute atomic E-state index is 12.8. The summed E-state index contributed by atoms with van der Waals surface area (Å²) >= 11 is 0. The Hall–Kier alpha value is -3.42. The molecule has 3 amide bonds. The van der Waals surface area contributed by atoms with Gasteiger partial charge in [-0.25, -0.2) is 0 Å². The Labute approximate surface area is 174 Å². The van der Waals surface area contributed by atoms with Crippen LogP contribution in [-0.4, -0.2) is 47.3 Å². The highest BCUT2D eigenvalue weighted by Crippen LogP contribution is 2.34. The number of carbonyl (C=O) groups is 3. The molecule has 156 valence electrons. The number of amides is 3. The number of benzene rings is 1. The van der Waals surface area contributed by atoms with Gasteiger partial charge in [0.05, 0.1) is 18.4 Å². The highest BCUT2D eigenvalue weighted by molar-refractivity contribution is 6.05. The number of likely N-dealkylation sites (tertiary alicyclic amines) is 1. The molecule has 1 atom stereocenters. The average Bonchev–Trinajstić information content (AvgIpc) is 3.50. The van der Waals surface area contributed by atoms with Gasteiger partial charge in [0.25, 0.3) is 5.91 Å². The lowest BCUT2D eigenvalue weighted by Crippen LogP contribution is -2.43. The summed E-state index contributed by atoms with van der Waals surface area (Å²) in [5, 5.41) is 5.66. The second-order valence-corrected chi connectivity index (χ2v) is 7.56. The Balaban J connectivity index is 1.44. The summed E-state index contributed by atoms with van der Waals surface area (Å²) in [5.41, 5.74) is 1.45. The van der Waals surface area contributed by atoms with Crippen molar-refractivity contribution in [2.24, 2.45) is 5.92 Å². The SMILES string of the molecule is COc1cc(NC(=O)C2CCCN2C(=O)C2CC2)ccc1NC(=O)c1cccnc1. The van der Waals surface area contributed by atoms with Gasteiger partial charge in [-0.2, -0.15) is 0 Å². The van der Waals surface area contributed by atoms with Gasteiger partial charge < -0.3 is 20.3 Å². The minimum atomic E-state index is -0.436. The van der Waals surface area contributed by atoms with Crippen molar-refractivity contribution in [2.45, 2.75) is 31.7 Å². The number of nitrogens with zero attached hydrogens (tertiary/aromatic N) is 2. The lowest BCUT2D eigenvalue weighted by molar-refractivity contribution is -0.137. The molecule has 1 aromatic carbocycles. The summed E-state index contributed by atoms with van der Waals surface area (Å²) < 4.78 is 5.38. The van der Waals surface area contributed by atoms with Crippen LogP contribution in [0.5, 0.6) is 5.75 Å². The molecule has 30 heavy (non-hydrogen) atoms. The number of aromatic nitrogens is 1. The first kappa shape index (κ1) is 19.9. The summed E-state index contributed by atoms with van der Waals surface area (Å²) in [6.07, 6.45) is 6.42. The van der Waals surface area contributed by atoms with E-state index in [0.717, 1.165) is 19.3 Å². The molecule has 2 N–H and O–H groups in total. The first-order valence-electron chi connectivity index (χ1n) is 10.1. The Morgan fingerprint density at radius 3 is 2.67 bits per heavy atom. The van der Waals surface area contributed by atoms with Gasteiger partial charge in [0, 0.05) is 36.6 Å². The topological polar surface area (TPSA) is 101 Å². The molecule has 1 aliphatic heterocycles. The quantitative estimate of drug-likeness (QED) is 0.765. The lowest BCUT2D eigenvalue weighted by Gasteiger charge is -2.24. The maximum atomic E-state index is 12.8. The van der Waals surface area contributed by atoms with E-state index in [1.807, 2.05) is 0 Å².